The molecule has 0 radical (unpaired) electrons. The molecule has 104 valence electrons. The third kappa shape index (κ3) is 2.60. The van der Waals surface area contributed by atoms with Crippen LogP contribution in [0.2, 0.25) is 0 Å². The minimum absolute atomic E-state index is 0.437. The minimum atomic E-state index is 0.437. The van der Waals surface area contributed by atoms with Gasteiger partial charge in [-0.2, -0.15) is 4.98 Å². The van der Waals surface area contributed by atoms with Crippen LogP contribution < -0.4 is 0 Å². The lowest BCUT2D eigenvalue weighted by molar-refractivity contribution is 0.433. The molecule has 0 saturated heterocycles. The van der Waals surface area contributed by atoms with Gasteiger partial charge < -0.3 is 4.52 Å². The first kappa shape index (κ1) is 12.9. The second-order valence-corrected chi connectivity index (χ2v) is 6.03. The van der Waals surface area contributed by atoms with Crippen LogP contribution in [0, 0.1) is 5.92 Å². The van der Waals surface area contributed by atoms with Gasteiger partial charge in [0.25, 0.3) is 5.89 Å². The van der Waals surface area contributed by atoms with Crippen LogP contribution in [-0.4, -0.2) is 30.1 Å². The van der Waals surface area contributed by atoms with Gasteiger partial charge in [0.1, 0.15) is 4.88 Å². The summed E-state index contributed by atoms with van der Waals surface area (Å²) in [5, 5.41) is 12.8. The van der Waals surface area contributed by atoms with Crippen LogP contribution in [0.3, 0.4) is 0 Å². The van der Waals surface area contributed by atoms with E-state index in [0.29, 0.717) is 23.3 Å². The average molecular weight is 290 g/mol. The Morgan fingerprint density at radius 2 is 2.25 bits per heavy atom. The predicted molar refractivity (Wildman–Crippen MR) is 73.9 cm³/mol. The topological polar surface area (TPSA) is 82.5 Å². The van der Waals surface area contributed by atoms with Crippen LogP contribution >= 0.6 is 11.3 Å². The molecule has 3 aromatic rings. The highest BCUT2D eigenvalue weighted by Gasteiger charge is 2.15. The zero-order chi connectivity index (χ0) is 14.1. The summed E-state index contributed by atoms with van der Waals surface area (Å²) in [7, 11) is 1.79. The summed E-state index contributed by atoms with van der Waals surface area (Å²) in [5.74, 6) is 1.48. The lowest BCUT2D eigenvalue weighted by Crippen LogP contribution is -1.91. The van der Waals surface area contributed by atoms with Crippen molar-refractivity contribution >= 4 is 11.3 Å². The maximum absolute atomic E-state index is 5.26. The first-order chi connectivity index (χ1) is 9.61. The van der Waals surface area contributed by atoms with Gasteiger partial charge in [-0.3, -0.25) is 4.68 Å². The summed E-state index contributed by atoms with van der Waals surface area (Å²) >= 11 is 1.58. The quantitative estimate of drug-likeness (QED) is 0.732. The van der Waals surface area contributed by atoms with E-state index in [4.69, 9.17) is 4.52 Å². The van der Waals surface area contributed by atoms with E-state index in [-0.39, 0.29) is 0 Å². The largest absolute Gasteiger partial charge is 0.333 e. The molecule has 0 unspecified atom stereocenters. The van der Waals surface area contributed by atoms with Crippen molar-refractivity contribution in [1.82, 2.24) is 30.1 Å². The van der Waals surface area contributed by atoms with Crippen molar-refractivity contribution in [3.05, 3.63) is 17.4 Å². The zero-order valence-electron chi connectivity index (χ0n) is 11.4. The second-order valence-electron chi connectivity index (χ2n) is 4.92. The number of aromatic nitrogens is 6. The van der Waals surface area contributed by atoms with Gasteiger partial charge in [0, 0.05) is 13.5 Å². The molecular formula is C12H14N6OS. The van der Waals surface area contributed by atoms with E-state index < -0.39 is 0 Å². The highest BCUT2D eigenvalue weighted by molar-refractivity contribution is 7.15. The maximum atomic E-state index is 5.26. The summed E-state index contributed by atoms with van der Waals surface area (Å²) in [6, 6.07) is 0. The molecular weight excluding hydrogens is 276 g/mol. The van der Waals surface area contributed by atoms with Crippen LogP contribution in [0.1, 0.15) is 18.9 Å². The number of hydrogen-bond acceptors (Lipinski definition) is 7. The summed E-state index contributed by atoms with van der Waals surface area (Å²) < 4.78 is 6.86. The fourth-order valence-electron chi connectivity index (χ4n) is 1.73. The lowest BCUT2D eigenvalue weighted by Gasteiger charge is -1.97. The van der Waals surface area contributed by atoms with Crippen molar-refractivity contribution in [1.29, 1.82) is 0 Å². The summed E-state index contributed by atoms with van der Waals surface area (Å²) in [5.41, 5.74) is 0.592. The third-order valence-electron chi connectivity index (χ3n) is 2.61. The number of rotatable bonds is 4. The number of thiazole rings is 1. The van der Waals surface area contributed by atoms with Gasteiger partial charge in [-0.1, -0.05) is 24.2 Å². The van der Waals surface area contributed by atoms with Crippen LogP contribution in [0.15, 0.2) is 16.9 Å². The van der Waals surface area contributed by atoms with Gasteiger partial charge in [0.05, 0.1) is 17.4 Å². The fourth-order valence-corrected chi connectivity index (χ4v) is 2.78. The van der Waals surface area contributed by atoms with Crippen LogP contribution in [0.25, 0.3) is 22.3 Å². The van der Waals surface area contributed by atoms with Crippen molar-refractivity contribution in [3.63, 3.8) is 0 Å². The number of nitrogens with zero attached hydrogens (tertiary/aromatic N) is 6. The molecule has 20 heavy (non-hydrogen) atoms. The van der Waals surface area contributed by atoms with Crippen LogP contribution in [0.5, 0.6) is 0 Å². The molecule has 8 heteroatoms. The molecule has 0 aliphatic carbocycles. The average Bonchev–Trinajstić information content (AvgIpc) is 3.06. The molecule has 0 aliphatic heterocycles. The number of hydrogen-bond donors (Lipinski definition) is 0. The Kier molecular flexibility index (Phi) is 3.31. The van der Waals surface area contributed by atoms with Gasteiger partial charge in [-0.05, 0) is 5.92 Å². The van der Waals surface area contributed by atoms with E-state index in [0.717, 1.165) is 16.3 Å². The Balaban J connectivity index is 1.84. The molecule has 0 spiro atoms. The SMILES string of the molecule is CC(C)Cc1ncc(-c2nc(-c3cn(C)nn3)no2)s1. The molecule has 0 aliphatic rings. The lowest BCUT2D eigenvalue weighted by atomic mass is 10.1. The molecule has 0 aromatic carbocycles. The summed E-state index contributed by atoms with van der Waals surface area (Å²) in [6.45, 7) is 4.33. The minimum Gasteiger partial charge on any atom is -0.333 e. The highest BCUT2D eigenvalue weighted by atomic mass is 32.1. The van der Waals surface area contributed by atoms with E-state index in [1.54, 1.807) is 35.5 Å². The second kappa shape index (κ2) is 5.12. The molecule has 0 amide bonds. The molecule has 3 rings (SSSR count). The molecule has 0 saturated carbocycles. The smallest absolute Gasteiger partial charge is 0.270 e. The van der Waals surface area contributed by atoms with Crippen molar-refractivity contribution < 1.29 is 4.52 Å². The Morgan fingerprint density at radius 1 is 1.40 bits per heavy atom. The normalized spacial score (nSPS) is 11.4. The fraction of sp³-hybridized carbons (Fsp3) is 0.417. The molecule has 0 atom stereocenters. The van der Waals surface area contributed by atoms with Gasteiger partial charge in [-0.25, -0.2) is 4.98 Å². The van der Waals surface area contributed by atoms with Crippen molar-refractivity contribution in [3.8, 4) is 22.3 Å². The van der Waals surface area contributed by atoms with Crippen molar-refractivity contribution in [2.75, 3.05) is 0 Å². The standard InChI is InChI=1S/C12H14N6OS/c1-7(2)4-10-13-5-9(20-10)12-14-11(16-19-12)8-6-18(3)17-15-8/h5-7H,4H2,1-3H3. The predicted octanol–water partition coefficient (Wildman–Crippen LogP) is 2.19. The Hall–Kier alpha value is -2.09. The van der Waals surface area contributed by atoms with E-state index in [2.05, 4.69) is 39.3 Å². The highest BCUT2D eigenvalue weighted by Crippen LogP contribution is 2.27. The van der Waals surface area contributed by atoms with E-state index >= 15 is 0 Å². The summed E-state index contributed by atoms with van der Waals surface area (Å²) in [4.78, 5) is 9.59. The monoisotopic (exact) mass is 290 g/mol. The first-order valence-corrected chi connectivity index (χ1v) is 7.09. The van der Waals surface area contributed by atoms with Gasteiger partial charge in [0.2, 0.25) is 5.82 Å². The van der Waals surface area contributed by atoms with E-state index in [1.807, 2.05) is 0 Å². The molecule has 0 bridgehead atoms. The van der Waals surface area contributed by atoms with Gasteiger partial charge in [-0.15, -0.1) is 16.4 Å². The molecule has 0 N–H and O–H groups in total. The maximum Gasteiger partial charge on any atom is 0.270 e. The van der Waals surface area contributed by atoms with Crippen LogP contribution in [0.4, 0.5) is 0 Å². The molecule has 3 heterocycles. The zero-order valence-corrected chi connectivity index (χ0v) is 12.3. The van der Waals surface area contributed by atoms with Gasteiger partial charge >= 0.3 is 0 Å². The Morgan fingerprint density at radius 3 is 2.95 bits per heavy atom. The first-order valence-electron chi connectivity index (χ1n) is 6.27. The molecule has 3 aromatic heterocycles. The third-order valence-corrected chi connectivity index (χ3v) is 3.61. The van der Waals surface area contributed by atoms with Crippen LogP contribution in [-0.2, 0) is 13.5 Å². The molecule has 7 nitrogen and oxygen atoms in total. The Labute approximate surface area is 119 Å². The number of aryl methyl sites for hydroxylation is 1. The van der Waals surface area contributed by atoms with Crippen molar-refractivity contribution in [2.45, 2.75) is 20.3 Å². The van der Waals surface area contributed by atoms with Crippen molar-refractivity contribution in [2.24, 2.45) is 13.0 Å². The van der Waals surface area contributed by atoms with E-state index in [1.165, 1.54) is 0 Å². The van der Waals surface area contributed by atoms with Gasteiger partial charge in [0.15, 0.2) is 5.69 Å². The Bertz CT molecular complexity index is 713. The summed E-state index contributed by atoms with van der Waals surface area (Å²) in [6.07, 6.45) is 4.47. The van der Waals surface area contributed by atoms with E-state index in [9.17, 15) is 0 Å². The molecule has 0 fully saturated rings.